The van der Waals surface area contributed by atoms with E-state index in [1.807, 2.05) is 0 Å². The van der Waals surface area contributed by atoms with E-state index in [9.17, 15) is 0 Å². The average Bonchev–Trinajstić information content (AvgIpc) is 4.13. The molecule has 0 fully saturated rings. The Morgan fingerprint density at radius 3 is 0.693 bits per heavy atom. The van der Waals surface area contributed by atoms with Gasteiger partial charge in [0, 0.05) is 46.0 Å². The van der Waals surface area contributed by atoms with E-state index in [2.05, 4.69) is 185 Å². The van der Waals surface area contributed by atoms with E-state index in [4.69, 9.17) is 0 Å². The molecule has 402 valence electrons. The minimum atomic E-state index is 1.16. The molecular formula is C72H96S3. The van der Waals surface area contributed by atoms with Gasteiger partial charge in [-0.15, -0.1) is 34.0 Å². The van der Waals surface area contributed by atoms with Crippen molar-refractivity contribution >= 4 is 34.0 Å². The molecule has 3 aromatic heterocycles. The zero-order valence-electron chi connectivity index (χ0n) is 47.8. The fraction of sp³-hybridized carbons (Fsp3) is 0.500. The number of thiophene rings is 3. The van der Waals surface area contributed by atoms with Crippen LogP contribution < -0.4 is 0 Å². The second-order valence-electron chi connectivity index (χ2n) is 21.9. The first-order valence-corrected chi connectivity index (χ1v) is 33.3. The van der Waals surface area contributed by atoms with Gasteiger partial charge in [-0.05, 0) is 145 Å². The van der Waals surface area contributed by atoms with Crippen molar-refractivity contribution in [3.8, 4) is 64.7 Å². The number of unbranched alkanes of at least 4 members (excludes halogenated alkanes) is 18. The van der Waals surface area contributed by atoms with E-state index in [1.165, 1.54) is 238 Å². The van der Waals surface area contributed by atoms with Gasteiger partial charge in [-0.2, -0.15) is 0 Å². The second kappa shape index (κ2) is 32.7. The minimum Gasteiger partial charge on any atom is -0.139 e. The lowest BCUT2D eigenvalue weighted by Crippen LogP contribution is -1.95. The van der Waals surface area contributed by atoms with Crippen LogP contribution in [0.25, 0.3) is 64.7 Å². The lowest BCUT2D eigenvalue weighted by Gasteiger charge is -2.15. The van der Waals surface area contributed by atoms with Gasteiger partial charge in [0.15, 0.2) is 0 Å². The number of rotatable bonds is 36. The van der Waals surface area contributed by atoms with Gasteiger partial charge in [-0.25, -0.2) is 0 Å². The van der Waals surface area contributed by atoms with Crippen molar-refractivity contribution in [3.63, 3.8) is 0 Å². The highest BCUT2D eigenvalue weighted by Crippen LogP contribution is 2.52. The third-order valence-electron chi connectivity index (χ3n) is 15.8. The summed E-state index contributed by atoms with van der Waals surface area (Å²) < 4.78 is 0. The molecule has 0 spiro atoms. The summed E-state index contributed by atoms with van der Waals surface area (Å²) in [5.41, 5.74) is 17.8. The Labute approximate surface area is 470 Å². The van der Waals surface area contributed by atoms with Crippen LogP contribution in [0.3, 0.4) is 0 Å². The van der Waals surface area contributed by atoms with Gasteiger partial charge in [0.1, 0.15) is 0 Å². The zero-order chi connectivity index (χ0) is 52.5. The summed E-state index contributed by atoms with van der Waals surface area (Å²) in [5.74, 6) is 0. The molecule has 0 aliphatic heterocycles. The molecule has 0 nitrogen and oxygen atoms in total. The van der Waals surface area contributed by atoms with Gasteiger partial charge in [0.2, 0.25) is 0 Å². The first kappa shape index (κ1) is 58.7. The normalized spacial score (nSPS) is 11.6. The molecule has 0 radical (unpaired) electrons. The summed E-state index contributed by atoms with van der Waals surface area (Å²) in [6.45, 7) is 14.1. The first-order chi connectivity index (χ1) is 37.0. The van der Waals surface area contributed by atoms with E-state index in [0.29, 0.717) is 0 Å². The molecule has 0 amide bonds. The van der Waals surface area contributed by atoms with Crippen LogP contribution in [0, 0.1) is 0 Å². The molecule has 4 aromatic carbocycles. The third-order valence-corrected chi connectivity index (χ3v) is 19.8. The van der Waals surface area contributed by atoms with Crippen LogP contribution in [0.2, 0.25) is 0 Å². The molecular weight excluding hydrogens is 961 g/mol. The van der Waals surface area contributed by atoms with Crippen molar-refractivity contribution < 1.29 is 0 Å². The van der Waals surface area contributed by atoms with Crippen LogP contribution >= 0.6 is 34.0 Å². The Kier molecular flexibility index (Phi) is 25.5. The van der Waals surface area contributed by atoms with Crippen LogP contribution in [-0.2, 0) is 38.5 Å². The molecule has 75 heavy (non-hydrogen) atoms. The summed E-state index contributed by atoms with van der Waals surface area (Å²) in [6, 6.07) is 42.8. The molecule has 0 saturated heterocycles. The third kappa shape index (κ3) is 16.5. The maximum atomic E-state index is 2.68. The molecule has 0 atom stereocenters. The van der Waals surface area contributed by atoms with Crippen molar-refractivity contribution in [1.29, 1.82) is 0 Å². The van der Waals surface area contributed by atoms with Gasteiger partial charge in [0.05, 0.1) is 0 Å². The van der Waals surface area contributed by atoms with Crippen molar-refractivity contribution in [2.75, 3.05) is 0 Å². The van der Waals surface area contributed by atoms with Gasteiger partial charge in [-0.1, -0.05) is 248 Å². The Hall–Kier alpha value is -4.02. The number of hydrogen-bond acceptors (Lipinski definition) is 3. The molecule has 7 rings (SSSR count). The maximum Gasteiger partial charge on any atom is 0.0427 e. The monoisotopic (exact) mass is 1060 g/mol. The topological polar surface area (TPSA) is 0 Å². The van der Waals surface area contributed by atoms with Crippen LogP contribution in [0.15, 0.2) is 109 Å². The van der Waals surface area contributed by atoms with Crippen molar-refractivity contribution in [1.82, 2.24) is 0 Å². The predicted octanol–water partition coefficient (Wildman–Crippen LogP) is 24.6. The highest BCUT2D eigenvalue weighted by molar-refractivity contribution is 7.17. The molecule has 0 bridgehead atoms. The smallest absolute Gasteiger partial charge is 0.0427 e. The van der Waals surface area contributed by atoms with Gasteiger partial charge in [-0.3, -0.25) is 0 Å². The van der Waals surface area contributed by atoms with Crippen LogP contribution in [0.4, 0.5) is 0 Å². The molecule has 0 unspecified atom stereocenters. The van der Waals surface area contributed by atoms with E-state index in [-0.39, 0.29) is 0 Å². The van der Waals surface area contributed by atoms with Crippen molar-refractivity contribution in [3.05, 3.63) is 141 Å². The molecule has 0 aliphatic carbocycles. The Morgan fingerprint density at radius 2 is 0.467 bits per heavy atom. The van der Waals surface area contributed by atoms with Crippen LogP contribution in [0.1, 0.15) is 227 Å². The molecule has 7 aromatic rings. The summed E-state index contributed by atoms with van der Waals surface area (Å²) in [7, 11) is 0. The summed E-state index contributed by atoms with van der Waals surface area (Å²) in [5, 5.41) is 0. The lowest BCUT2D eigenvalue weighted by molar-refractivity contribution is 0.655. The first-order valence-electron chi connectivity index (χ1n) is 30.8. The van der Waals surface area contributed by atoms with Gasteiger partial charge in [0.25, 0.3) is 0 Å². The van der Waals surface area contributed by atoms with Crippen molar-refractivity contribution in [2.24, 2.45) is 0 Å². The lowest BCUT2D eigenvalue weighted by atomic mass is 9.89. The van der Waals surface area contributed by atoms with Crippen molar-refractivity contribution in [2.45, 2.75) is 234 Å². The summed E-state index contributed by atoms with van der Waals surface area (Å²) in [4.78, 5) is 9.36. The average molecular weight is 1060 g/mol. The Balaban J connectivity index is 1.56. The molecule has 0 aliphatic rings. The number of aryl methyl sites for hydroxylation is 3. The fourth-order valence-electron chi connectivity index (χ4n) is 11.6. The maximum absolute atomic E-state index is 2.68. The van der Waals surface area contributed by atoms with E-state index in [0.717, 1.165) is 19.3 Å². The quantitative estimate of drug-likeness (QED) is 0.0344. The molecule has 0 saturated carbocycles. The van der Waals surface area contributed by atoms with E-state index < -0.39 is 0 Å². The minimum absolute atomic E-state index is 1.16. The van der Waals surface area contributed by atoms with E-state index in [1.54, 1.807) is 31.3 Å². The number of benzene rings is 4. The van der Waals surface area contributed by atoms with Crippen LogP contribution in [-0.4, -0.2) is 0 Å². The number of hydrogen-bond donors (Lipinski definition) is 0. The van der Waals surface area contributed by atoms with Gasteiger partial charge < -0.3 is 0 Å². The Morgan fingerprint density at radius 1 is 0.240 bits per heavy atom. The predicted molar refractivity (Wildman–Crippen MR) is 340 cm³/mol. The highest BCUT2D eigenvalue weighted by atomic mass is 32.1. The summed E-state index contributed by atoms with van der Waals surface area (Å²) in [6.07, 6.45) is 37.9. The Bertz CT molecular complexity index is 2370. The SMILES string of the molecule is CCCCCCc1sc(-c2cc(-c3sc(CCCCCC)c(CCCCCC)c3-c3ccccc3)cc(-c3sc(CCCCCC)c(CCCCCC)c3-c3ccccc3)c2)c(-c2ccccc2)c1CCCCCC. The molecule has 3 heterocycles. The second-order valence-corrected chi connectivity index (χ2v) is 25.2. The largest absolute Gasteiger partial charge is 0.139 e. The van der Waals surface area contributed by atoms with Crippen LogP contribution in [0.5, 0.6) is 0 Å². The fourth-order valence-corrected chi connectivity index (χ4v) is 15.8. The standard InChI is InChI=1S/C72H96S3/c1-7-13-19-34-46-61-64(49-37-22-16-10-4)73-70(67(61)55-40-28-25-29-41-55)58-52-59(71-68(56-42-30-26-31-43-56)62(47-35-20-14-8-2)65(74-71)50-38-23-17-11-5)54-60(53-58)72-69(57-44-32-27-33-45-57)63(48-36-21-15-9-3)66(75-72)51-39-24-18-12-6/h25-33,40-45,52-54H,7-24,34-39,46-51H2,1-6H3. The zero-order valence-corrected chi connectivity index (χ0v) is 50.3. The highest BCUT2D eigenvalue weighted by Gasteiger charge is 2.27. The molecule has 0 N–H and O–H groups in total. The van der Waals surface area contributed by atoms with E-state index >= 15 is 0 Å². The van der Waals surface area contributed by atoms with Gasteiger partial charge >= 0.3 is 0 Å². The summed E-state index contributed by atoms with van der Waals surface area (Å²) >= 11 is 6.45. The molecule has 3 heteroatoms.